The molecule has 0 saturated heterocycles. The summed E-state index contributed by atoms with van der Waals surface area (Å²) in [6.07, 6.45) is 5.43. The zero-order chi connectivity index (χ0) is 20.2. The number of rotatable bonds is 1. The maximum absolute atomic E-state index is 3.34. The van der Waals surface area contributed by atoms with E-state index >= 15 is 0 Å². The first-order valence-electron chi connectivity index (χ1n) is 10.8. The van der Waals surface area contributed by atoms with E-state index in [1.165, 1.54) is 42.4 Å². The van der Waals surface area contributed by atoms with Crippen LogP contribution in [0.5, 0.6) is 0 Å². The van der Waals surface area contributed by atoms with Gasteiger partial charge in [-0.3, -0.25) is 0 Å². The average molecular weight is 379 g/mol. The van der Waals surface area contributed by atoms with Crippen LogP contribution in [0.3, 0.4) is 0 Å². The van der Waals surface area contributed by atoms with Gasteiger partial charge in [-0.15, -0.1) is 0 Å². The van der Waals surface area contributed by atoms with Gasteiger partial charge in [0.2, 0.25) is 0 Å². The zero-order valence-corrected chi connectivity index (χ0v) is 18.5. The fraction of sp³-hybridized carbons (Fsp3) is 0.500. The van der Waals surface area contributed by atoms with Crippen LogP contribution in [0.25, 0.3) is 0 Å². The van der Waals surface area contributed by atoms with Crippen LogP contribution in [-0.4, -0.2) is 0 Å². The predicted molar refractivity (Wildman–Crippen MR) is 128 cm³/mol. The molecule has 0 atom stereocenters. The molecular weight excluding hydrogens is 336 g/mol. The van der Waals surface area contributed by atoms with Crippen molar-refractivity contribution in [3.05, 3.63) is 70.3 Å². The average Bonchev–Trinajstić information content (AvgIpc) is 2.72. The fourth-order valence-electron chi connectivity index (χ4n) is 3.45. The predicted octanol–water partition coefficient (Wildman–Crippen LogP) is 8.69. The summed E-state index contributed by atoms with van der Waals surface area (Å²) in [6, 6.07) is 15.3. The van der Waals surface area contributed by atoms with Gasteiger partial charge in [0, 0.05) is 11.1 Å². The van der Waals surface area contributed by atoms with Gasteiger partial charge in [0.25, 0.3) is 0 Å². The molecule has 0 aromatic heterocycles. The lowest BCUT2D eigenvalue weighted by molar-refractivity contribution is 0.348. The van der Waals surface area contributed by atoms with Crippen LogP contribution in [0.1, 0.15) is 101 Å². The number of hydrogen-bond donors (Lipinski definition) is 0. The van der Waals surface area contributed by atoms with Crippen molar-refractivity contribution in [3.63, 3.8) is 0 Å². The highest BCUT2D eigenvalue weighted by Crippen LogP contribution is 2.35. The second kappa shape index (κ2) is 14.1. The van der Waals surface area contributed by atoms with Crippen molar-refractivity contribution in [2.24, 2.45) is 5.92 Å². The van der Waals surface area contributed by atoms with Gasteiger partial charge in [-0.2, -0.15) is 0 Å². The molecule has 1 aliphatic rings. The van der Waals surface area contributed by atoms with Crippen molar-refractivity contribution in [2.75, 3.05) is 0 Å². The molecule has 0 amide bonds. The van der Waals surface area contributed by atoms with E-state index in [0.29, 0.717) is 0 Å². The topological polar surface area (TPSA) is 0 Å². The molecule has 2 aromatic carbocycles. The van der Waals surface area contributed by atoms with Crippen LogP contribution in [0, 0.1) is 31.6 Å². The number of aryl methyl sites for hydroxylation is 2. The first-order valence-corrected chi connectivity index (χ1v) is 10.8. The summed E-state index contributed by atoms with van der Waals surface area (Å²) in [4.78, 5) is 0. The lowest BCUT2D eigenvalue weighted by Gasteiger charge is -2.26. The zero-order valence-electron chi connectivity index (χ0n) is 18.5. The Morgan fingerprint density at radius 3 is 1.86 bits per heavy atom. The Balaban J connectivity index is 0.00000137. The third-order valence-corrected chi connectivity index (χ3v) is 5.13. The quantitative estimate of drug-likeness (QED) is 0.435. The molecule has 2 aromatic rings. The van der Waals surface area contributed by atoms with Crippen molar-refractivity contribution in [2.45, 2.75) is 87.5 Å². The van der Waals surface area contributed by atoms with Crippen molar-refractivity contribution in [1.82, 2.24) is 0 Å². The van der Waals surface area contributed by atoms with Gasteiger partial charge in [0.15, 0.2) is 0 Å². The Morgan fingerprint density at radius 1 is 0.750 bits per heavy atom. The first kappa shape index (κ1) is 26.0. The largest absolute Gasteiger partial charge is 0.0776 e. The summed E-state index contributed by atoms with van der Waals surface area (Å²) in [5.41, 5.74) is 6.33. The standard InChI is InChI=1S/C23H26.2C2H6.CH4/c1-17-4-8-20(9-5-17)10-13-21-14-15-23(16-19(21)3)22-11-6-18(2)7-12-22;2*1-2;/h4-5,8-9,14-16,18,22H,6-7,11-12H2,1-3H3;2*1-2H3;1H4. The molecular formula is C28H42. The lowest BCUT2D eigenvalue weighted by atomic mass is 9.79. The third-order valence-electron chi connectivity index (χ3n) is 5.13. The van der Waals surface area contributed by atoms with Gasteiger partial charge in [-0.05, 0) is 67.9 Å². The van der Waals surface area contributed by atoms with E-state index in [1.54, 1.807) is 0 Å². The van der Waals surface area contributed by atoms with Gasteiger partial charge < -0.3 is 0 Å². The van der Waals surface area contributed by atoms with Crippen molar-refractivity contribution < 1.29 is 0 Å². The molecule has 3 rings (SSSR count). The van der Waals surface area contributed by atoms with E-state index < -0.39 is 0 Å². The smallest absolute Gasteiger partial charge is 0.0278 e. The molecule has 1 aliphatic carbocycles. The number of hydrogen-bond acceptors (Lipinski definition) is 0. The molecule has 1 fully saturated rings. The van der Waals surface area contributed by atoms with Crippen LogP contribution >= 0.6 is 0 Å². The highest BCUT2D eigenvalue weighted by atomic mass is 14.2. The molecule has 0 nitrogen and oxygen atoms in total. The third kappa shape index (κ3) is 7.93. The summed E-state index contributed by atoms with van der Waals surface area (Å²) in [6.45, 7) is 14.7. The molecule has 0 spiro atoms. The van der Waals surface area contributed by atoms with Crippen molar-refractivity contribution in [1.29, 1.82) is 0 Å². The summed E-state index contributed by atoms with van der Waals surface area (Å²) < 4.78 is 0. The fourth-order valence-corrected chi connectivity index (χ4v) is 3.45. The lowest BCUT2D eigenvalue weighted by Crippen LogP contribution is -2.11. The molecule has 28 heavy (non-hydrogen) atoms. The van der Waals surface area contributed by atoms with E-state index in [4.69, 9.17) is 0 Å². The molecule has 0 N–H and O–H groups in total. The van der Waals surface area contributed by atoms with E-state index in [9.17, 15) is 0 Å². The van der Waals surface area contributed by atoms with E-state index in [1.807, 2.05) is 27.7 Å². The van der Waals surface area contributed by atoms with Crippen molar-refractivity contribution >= 4 is 0 Å². The Kier molecular flexibility index (Phi) is 13.1. The van der Waals surface area contributed by atoms with E-state index in [0.717, 1.165) is 23.0 Å². The summed E-state index contributed by atoms with van der Waals surface area (Å²) in [5, 5.41) is 0. The minimum atomic E-state index is 0. The maximum atomic E-state index is 3.34. The van der Waals surface area contributed by atoms with Crippen LogP contribution in [0.4, 0.5) is 0 Å². The van der Waals surface area contributed by atoms with Crippen LogP contribution in [0.2, 0.25) is 0 Å². The van der Waals surface area contributed by atoms with Gasteiger partial charge in [0.05, 0.1) is 0 Å². The van der Waals surface area contributed by atoms with Crippen molar-refractivity contribution in [3.8, 4) is 11.8 Å². The summed E-state index contributed by atoms with van der Waals surface area (Å²) >= 11 is 0. The van der Waals surface area contributed by atoms with E-state index in [2.05, 4.69) is 75.1 Å². The molecule has 0 radical (unpaired) electrons. The maximum Gasteiger partial charge on any atom is 0.0278 e. The summed E-state index contributed by atoms with van der Waals surface area (Å²) in [5.74, 6) is 8.28. The highest BCUT2D eigenvalue weighted by molar-refractivity contribution is 5.48. The Labute approximate surface area is 175 Å². The minimum absolute atomic E-state index is 0. The molecule has 0 heteroatoms. The SMILES string of the molecule is C.CC.CC.Cc1ccc(C#Cc2ccc(C3CCC(C)CC3)cc2C)cc1. The molecule has 0 bridgehead atoms. The highest BCUT2D eigenvalue weighted by Gasteiger charge is 2.19. The van der Waals surface area contributed by atoms with Crippen LogP contribution < -0.4 is 0 Å². The van der Waals surface area contributed by atoms with E-state index in [-0.39, 0.29) is 7.43 Å². The van der Waals surface area contributed by atoms with Gasteiger partial charge in [0.1, 0.15) is 0 Å². The molecule has 154 valence electrons. The molecule has 0 aliphatic heterocycles. The van der Waals surface area contributed by atoms with Crippen LogP contribution in [0.15, 0.2) is 42.5 Å². The van der Waals surface area contributed by atoms with Crippen LogP contribution in [-0.2, 0) is 0 Å². The Hall–Kier alpha value is -2.00. The second-order valence-electron chi connectivity index (χ2n) is 7.15. The normalized spacial score (nSPS) is 17.4. The minimum Gasteiger partial charge on any atom is -0.0776 e. The molecule has 0 unspecified atom stereocenters. The second-order valence-corrected chi connectivity index (χ2v) is 7.15. The summed E-state index contributed by atoms with van der Waals surface area (Å²) in [7, 11) is 0. The van der Waals surface area contributed by atoms with Gasteiger partial charge in [-0.1, -0.05) is 96.6 Å². The molecule has 0 heterocycles. The number of benzene rings is 2. The Morgan fingerprint density at radius 2 is 1.32 bits per heavy atom. The monoisotopic (exact) mass is 378 g/mol. The van der Waals surface area contributed by atoms with Gasteiger partial charge in [-0.25, -0.2) is 0 Å². The Bertz CT molecular complexity index is 717. The first-order chi connectivity index (χ1) is 13.1. The van der Waals surface area contributed by atoms with Gasteiger partial charge >= 0.3 is 0 Å². The molecule has 1 saturated carbocycles.